The first-order chi connectivity index (χ1) is 7.47. The van der Waals surface area contributed by atoms with Gasteiger partial charge in [-0.3, -0.25) is 4.90 Å². The number of benzene rings is 1. The van der Waals surface area contributed by atoms with Gasteiger partial charge in [-0.2, -0.15) is 0 Å². The van der Waals surface area contributed by atoms with E-state index >= 15 is 0 Å². The molecule has 0 aromatic heterocycles. The zero-order valence-corrected chi connectivity index (χ0v) is 11.9. The fraction of sp³-hybridized carbons (Fsp3) is 0.571. The van der Waals surface area contributed by atoms with Crippen molar-refractivity contribution in [1.82, 2.24) is 4.90 Å². The molecule has 0 saturated carbocycles. The van der Waals surface area contributed by atoms with Gasteiger partial charge in [0, 0.05) is 16.6 Å². The number of likely N-dealkylation sites (tertiary alicyclic amines) is 1. The average Bonchev–Trinajstić information content (AvgIpc) is 2.65. The van der Waals surface area contributed by atoms with Gasteiger partial charge in [0.05, 0.1) is 0 Å². The van der Waals surface area contributed by atoms with Crippen LogP contribution in [0.25, 0.3) is 0 Å². The summed E-state index contributed by atoms with van der Waals surface area (Å²) in [5.74, 6) is 0.705. The summed E-state index contributed by atoms with van der Waals surface area (Å²) >= 11 is 3.55. The van der Waals surface area contributed by atoms with Gasteiger partial charge < -0.3 is 0 Å². The molecule has 0 aliphatic carbocycles. The topological polar surface area (TPSA) is 3.24 Å². The normalized spacial score (nSPS) is 22.6. The van der Waals surface area contributed by atoms with Crippen molar-refractivity contribution in [1.29, 1.82) is 0 Å². The van der Waals surface area contributed by atoms with E-state index in [9.17, 15) is 0 Å². The summed E-state index contributed by atoms with van der Waals surface area (Å²) in [6, 6.07) is 8.75. The van der Waals surface area contributed by atoms with Gasteiger partial charge in [-0.25, -0.2) is 0 Å². The van der Waals surface area contributed by atoms with E-state index in [4.69, 9.17) is 0 Å². The van der Waals surface area contributed by atoms with Crippen molar-refractivity contribution in [3.63, 3.8) is 0 Å². The van der Waals surface area contributed by atoms with Crippen molar-refractivity contribution in [3.05, 3.63) is 34.3 Å². The molecule has 0 radical (unpaired) electrons. The van der Waals surface area contributed by atoms with E-state index in [1.54, 1.807) is 0 Å². The minimum Gasteiger partial charge on any atom is -0.298 e. The van der Waals surface area contributed by atoms with Crippen molar-refractivity contribution >= 4 is 15.9 Å². The largest absolute Gasteiger partial charge is 0.298 e. The number of halogens is 1. The summed E-state index contributed by atoms with van der Waals surface area (Å²) in [6.45, 7) is 9.32. The molecule has 1 fully saturated rings. The maximum absolute atomic E-state index is 3.55. The summed E-state index contributed by atoms with van der Waals surface area (Å²) in [6.07, 6.45) is 1.29. The van der Waals surface area contributed by atoms with Crippen molar-refractivity contribution < 1.29 is 0 Å². The summed E-state index contributed by atoms with van der Waals surface area (Å²) in [7, 11) is 0. The second kappa shape index (κ2) is 4.50. The number of hydrogen-bond acceptors (Lipinski definition) is 1. The van der Waals surface area contributed by atoms with Crippen LogP contribution >= 0.6 is 15.9 Å². The van der Waals surface area contributed by atoms with E-state index in [2.05, 4.69) is 65.9 Å². The lowest BCUT2D eigenvalue weighted by atomic mass is 9.98. The minimum absolute atomic E-state index is 0.306. The summed E-state index contributed by atoms with van der Waals surface area (Å²) < 4.78 is 1.19. The van der Waals surface area contributed by atoms with Crippen LogP contribution in [0.2, 0.25) is 0 Å². The molecule has 16 heavy (non-hydrogen) atoms. The summed E-state index contributed by atoms with van der Waals surface area (Å²) in [5.41, 5.74) is 1.78. The molecule has 0 spiro atoms. The van der Waals surface area contributed by atoms with Crippen LogP contribution in [0, 0.1) is 0 Å². The highest BCUT2D eigenvalue weighted by Gasteiger charge is 2.30. The third-order valence-electron chi connectivity index (χ3n) is 3.46. The van der Waals surface area contributed by atoms with Gasteiger partial charge in [-0.05, 0) is 57.4 Å². The Kier molecular flexibility index (Phi) is 3.41. The van der Waals surface area contributed by atoms with Gasteiger partial charge in [0.25, 0.3) is 0 Å². The second-order valence-corrected chi connectivity index (χ2v) is 6.57. The number of rotatable bonds is 1. The Balaban J connectivity index is 2.09. The van der Waals surface area contributed by atoms with Gasteiger partial charge in [0.2, 0.25) is 0 Å². The third kappa shape index (κ3) is 2.67. The molecule has 0 N–H and O–H groups in total. The van der Waals surface area contributed by atoms with Gasteiger partial charge in [0.1, 0.15) is 0 Å². The fourth-order valence-corrected chi connectivity index (χ4v) is 2.82. The molecule has 2 rings (SSSR count). The first-order valence-electron chi connectivity index (χ1n) is 5.97. The van der Waals surface area contributed by atoms with Gasteiger partial charge in [0.15, 0.2) is 0 Å². The quantitative estimate of drug-likeness (QED) is 0.751. The number of hydrogen-bond donors (Lipinski definition) is 0. The Morgan fingerprint density at radius 3 is 2.62 bits per heavy atom. The van der Waals surface area contributed by atoms with Crippen molar-refractivity contribution in [2.75, 3.05) is 13.1 Å². The van der Waals surface area contributed by atoms with Gasteiger partial charge in [-0.1, -0.05) is 28.1 Å². The zero-order chi connectivity index (χ0) is 11.8. The van der Waals surface area contributed by atoms with Crippen LogP contribution < -0.4 is 0 Å². The van der Waals surface area contributed by atoms with Crippen LogP contribution in [0.4, 0.5) is 0 Å². The van der Waals surface area contributed by atoms with Crippen molar-refractivity contribution in [2.24, 2.45) is 0 Å². The molecule has 1 nitrogen and oxygen atoms in total. The van der Waals surface area contributed by atoms with Crippen LogP contribution in [-0.4, -0.2) is 23.5 Å². The van der Waals surface area contributed by atoms with Crippen LogP contribution in [-0.2, 0) is 0 Å². The second-order valence-electron chi connectivity index (χ2n) is 5.66. The Morgan fingerprint density at radius 2 is 2.06 bits per heavy atom. The molecule has 1 aromatic carbocycles. The molecule has 1 saturated heterocycles. The zero-order valence-electron chi connectivity index (χ0n) is 10.3. The van der Waals surface area contributed by atoms with Crippen molar-refractivity contribution in [3.8, 4) is 0 Å². The highest BCUT2D eigenvalue weighted by atomic mass is 79.9. The van der Waals surface area contributed by atoms with Crippen LogP contribution in [0.15, 0.2) is 28.7 Å². The smallest absolute Gasteiger partial charge is 0.0178 e. The van der Waals surface area contributed by atoms with E-state index in [-0.39, 0.29) is 0 Å². The summed E-state index contributed by atoms with van der Waals surface area (Å²) in [5, 5.41) is 0. The molecular weight excluding hydrogens is 262 g/mol. The van der Waals surface area contributed by atoms with Gasteiger partial charge >= 0.3 is 0 Å². The predicted octanol–water partition coefficient (Wildman–Crippen LogP) is 4.04. The molecule has 0 amide bonds. The van der Waals surface area contributed by atoms with Gasteiger partial charge in [-0.15, -0.1) is 0 Å². The maximum Gasteiger partial charge on any atom is 0.0178 e. The van der Waals surface area contributed by atoms with E-state index in [1.807, 2.05) is 0 Å². The Hall–Kier alpha value is -0.340. The molecule has 1 aromatic rings. The molecule has 0 bridgehead atoms. The molecule has 1 aliphatic heterocycles. The SMILES string of the molecule is CC(C)(C)N1CCC(c2cccc(Br)c2)C1. The molecule has 88 valence electrons. The molecule has 1 atom stereocenters. The molecule has 2 heteroatoms. The monoisotopic (exact) mass is 281 g/mol. The van der Waals surface area contributed by atoms with Crippen LogP contribution in [0.5, 0.6) is 0 Å². The predicted molar refractivity (Wildman–Crippen MR) is 72.8 cm³/mol. The highest BCUT2D eigenvalue weighted by molar-refractivity contribution is 9.10. The lowest BCUT2D eigenvalue weighted by Gasteiger charge is -2.31. The van der Waals surface area contributed by atoms with E-state index in [1.165, 1.54) is 29.5 Å². The Morgan fingerprint density at radius 1 is 1.31 bits per heavy atom. The first kappa shape index (κ1) is 12.1. The van der Waals surface area contributed by atoms with E-state index in [0.29, 0.717) is 11.5 Å². The standard InChI is InChI=1S/C14H20BrN/c1-14(2,3)16-8-7-12(10-16)11-5-4-6-13(15)9-11/h4-6,9,12H,7-8,10H2,1-3H3. The van der Waals surface area contributed by atoms with Crippen LogP contribution in [0.3, 0.4) is 0 Å². The maximum atomic E-state index is 3.55. The lowest BCUT2D eigenvalue weighted by Crippen LogP contribution is -2.39. The summed E-state index contributed by atoms with van der Waals surface area (Å²) in [4.78, 5) is 2.58. The highest BCUT2D eigenvalue weighted by Crippen LogP contribution is 2.32. The Labute approximate surface area is 107 Å². The molecule has 1 unspecified atom stereocenters. The minimum atomic E-state index is 0.306. The molecule has 1 heterocycles. The molecule has 1 aliphatic rings. The first-order valence-corrected chi connectivity index (χ1v) is 6.76. The lowest BCUT2D eigenvalue weighted by molar-refractivity contribution is 0.173. The molecular formula is C14H20BrN. The fourth-order valence-electron chi connectivity index (χ4n) is 2.40. The van der Waals surface area contributed by atoms with E-state index < -0.39 is 0 Å². The number of nitrogens with zero attached hydrogens (tertiary/aromatic N) is 1. The average molecular weight is 282 g/mol. The van der Waals surface area contributed by atoms with Crippen molar-refractivity contribution in [2.45, 2.75) is 38.6 Å². The Bertz CT molecular complexity index is 367. The van der Waals surface area contributed by atoms with Crippen LogP contribution in [0.1, 0.15) is 38.7 Å². The third-order valence-corrected chi connectivity index (χ3v) is 3.95. The van der Waals surface area contributed by atoms with E-state index in [0.717, 1.165) is 0 Å².